The number of hydrogen-bond acceptors (Lipinski definition) is 14. The molecule has 23 nitrogen and oxygen atoms in total. The van der Waals surface area contributed by atoms with Crippen LogP contribution in [0, 0.1) is 5.92 Å². The Hall–Kier alpha value is -5.26. The van der Waals surface area contributed by atoms with E-state index in [4.69, 9.17) is 24.1 Å². The van der Waals surface area contributed by atoms with Gasteiger partial charge in [0.15, 0.2) is 5.78 Å². The molecule has 0 aromatic heterocycles. The second-order valence-electron chi connectivity index (χ2n) is 17.6. The zero-order valence-electron chi connectivity index (χ0n) is 42.6. The Morgan fingerprint density at radius 1 is 0.389 bits per heavy atom. The summed E-state index contributed by atoms with van der Waals surface area (Å²) in [6.07, 6.45) is 13.1. The van der Waals surface area contributed by atoms with Crippen molar-refractivity contribution >= 4 is 59.2 Å². The van der Waals surface area contributed by atoms with Crippen molar-refractivity contribution in [1.82, 2.24) is 26.6 Å². The highest BCUT2D eigenvalue weighted by Crippen LogP contribution is 2.14. The van der Waals surface area contributed by atoms with Crippen LogP contribution in [0.3, 0.4) is 0 Å². The average Bonchev–Trinajstić information content (AvgIpc) is 3.33. The molecule has 414 valence electrons. The predicted octanol–water partition coefficient (Wildman–Crippen LogP) is 3.28. The number of carboxylic acids is 4. The van der Waals surface area contributed by atoms with Gasteiger partial charge in [0.1, 0.15) is 31.3 Å². The van der Waals surface area contributed by atoms with Crippen molar-refractivity contribution in [2.24, 2.45) is 5.92 Å². The molecule has 0 aliphatic carbocycles. The van der Waals surface area contributed by atoms with E-state index in [1.165, 1.54) is 25.7 Å². The van der Waals surface area contributed by atoms with Gasteiger partial charge in [-0.3, -0.25) is 33.6 Å². The van der Waals surface area contributed by atoms with Gasteiger partial charge in [-0.2, -0.15) is 0 Å². The van der Waals surface area contributed by atoms with Gasteiger partial charge in [-0.25, -0.2) is 14.4 Å². The largest absolute Gasteiger partial charge is 0.481 e. The van der Waals surface area contributed by atoms with Gasteiger partial charge >= 0.3 is 23.9 Å². The number of rotatable bonds is 50. The van der Waals surface area contributed by atoms with Gasteiger partial charge in [0.2, 0.25) is 29.5 Å². The van der Waals surface area contributed by atoms with E-state index in [1.807, 2.05) is 13.8 Å². The number of hydrogen-bond donors (Lipinski definition) is 9. The number of ether oxygens (including phenoxy) is 4. The first kappa shape index (κ1) is 66.7. The monoisotopic (exact) mass is 1030 g/mol. The summed E-state index contributed by atoms with van der Waals surface area (Å²) in [5, 5.41) is 49.6. The number of carbonyl (C=O) groups excluding carboxylic acids is 6. The molecule has 0 aromatic rings. The highest BCUT2D eigenvalue weighted by Gasteiger charge is 2.26. The van der Waals surface area contributed by atoms with E-state index < -0.39 is 84.9 Å². The highest BCUT2D eigenvalue weighted by molar-refractivity contribution is 5.87. The van der Waals surface area contributed by atoms with Gasteiger partial charge in [-0.05, 0) is 38.5 Å². The summed E-state index contributed by atoms with van der Waals surface area (Å²) >= 11 is 0. The lowest BCUT2D eigenvalue weighted by Gasteiger charge is -2.18. The van der Waals surface area contributed by atoms with Gasteiger partial charge in [0.25, 0.3) is 0 Å². The SMILES string of the molecule is CCC(C)C(=O)COCCOCCNC(=O)COCCOCCNC(=O)CC[C@H](NC(=O)CC[C@H](NC(=O)CC[C@H](NC(=O)CCCCCCCCCCCCCCCCC(=O)O)C(=O)O)C(=O)O)C(=O)O. The van der Waals surface area contributed by atoms with Crippen molar-refractivity contribution in [2.75, 3.05) is 65.9 Å². The minimum atomic E-state index is -1.56. The second-order valence-corrected chi connectivity index (χ2v) is 17.6. The number of Topliss-reactive ketones (excluding diaryl/α,β-unsaturated/α-hetero) is 1. The first-order valence-electron chi connectivity index (χ1n) is 25.6. The third-order valence-corrected chi connectivity index (χ3v) is 11.4. The lowest BCUT2D eigenvalue weighted by atomic mass is 10.0. The number of nitrogens with one attached hydrogen (secondary N) is 5. The van der Waals surface area contributed by atoms with Gasteiger partial charge in [0.05, 0.1) is 39.6 Å². The van der Waals surface area contributed by atoms with Crippen LogP contribution in [0.4, 0.5) is 0 Å². The Balaban J connectivity index is 4.22. The lowest BCUT2D eigenvalue weighted by Crippen LogP contribution is -2.45. The molecule has 23 heteroatoms. The molecule has 0 spiro atoms. The molecule has 5 amide bonds. The number of aliphatic carboxylic acids is 4. The van der Waals surface area contributed by atoms with E-state index in [1.54, 1.807) is 0 Å². The fourth-order valence-corrected chi connectivity index (χ4v) is 6.89. The van der Waals surface area contributed by atoms with E-state index in [2.05, 4.69) is 26.6 Å². The first-order valence-corrected chi connectivity index (χ1v) is 25.6. The highest BCUT2D eigenvalue weighted by atomic mass is 16.5. The molecular weight excluding hydrogens is 947 g/mol. The van der Waals surface area contributed by atoms with Crippen LogP contribution in [-0.4, -0.2) is 164 Å². The van der Waals surface area contributed by atoms with E-state index in [0.717, 1.165) is 64.2 Å². The molecule has 0 rings (SSSR count). The fraction of sp³-hybridized carbons (Fsp3) is 0.796. The topological polar surface area (TPSA) is 349 Å². The van der Waals surface area contributed by atoms with E-state index >= 15 is 0 Å². The summed E-state index contributed by atoms with van der Waals surface area (Å²) in [5.41, 5.74) is 0. The van der Waals surface area contributed by atoms with E-state index in [-0.39, 0.29) is 116 Å². The molecule has 1 unspecified atom stereocenters. The number of unbranched alkanes of at least 4 members (excludes halogenated alkanes) is 13. The number of carboxylic acid groups (broad SMARTS) is 4. The summed E-state index contributed by atoms with van der Waals surface area (Å²) in [6, 6.07) is -4.42. The van der Waals surface area contributed by atoms with Gasteiger partial charge < -0.3 is 66.0 Å². The summed E-state index contributed by atoms with van der Waals surface area (Å²) in [5.74, 6) is -8.02. The quantitative estimate of drug-likeness (QED) is 0.0395. The van der Waals surface area contributed by atoms with Crippen LogP contribution >= 0.6 is 0 Å². The normalized spacial score (nSPS) is 12.7. The maximum absolute atomic E-state index is 12.6. The predicted molar refractivity (Wildman–Crippen MR) is 262 cm³/mol. The van der Waals surface area contributed by atoms with Crippen molar-refractivity contribution in [3.8, 4) is 0 Å². The molecule has 0 aliphatic rings. The molecule has 0 heterocycles. The summed E-state index contributed by atoms with van der Waals surface area (Å²) < 4.78 is 21.2. The molecule has 4 atom stereocenters. The van der Waals surface area contributed by atoms with Crippen LogP contribution < -0.4 is 26.6 Å². The zero-order chi connectivity index (χ0) is 53.8. The van der Waals surface area contributed by atoms with Gasteiger partial charge in [-0.1, -0.05) is 90.9 Å². The van der Waals surface area contributed by atoms with Gasteiger partial charge in [0, 0.05) is 51.1 Å². The molecule has 0 fully saturated rings. The minimum Gasteiger partial charge on any atom is -0.481 e. The van der Waals surface area contributed by atoms with E-state index in [9.17, 15) is 63.3 Å². The summed E-state index contributed by atoms with van der Waals surface area (Å²) in [7, 11) is 0. The van der Waals surface area contributed by atoms with Crippen molar-refractivity contribution in [2.45, 2.75) is 180 Å². The second kappa shape index (κ2) is 44.4. The Labute approximate surface area is 423 Å². The molecule has 0 aliphatic heterocycles. The maximum atomic E-state index is 12.6. The van der Waals surface area contributed by atoms with Gasteiger partial charge in [-0.15, -0.1) is 0 Å². The number of carbonyl (C=O) groups is 10. The fourth-order valence-electron chi connectivity index (χ4n) is 6.89. The number of amides is 5. The molecular formula is C49H85N5O18. The average molecular weight is 1030 g/mol. The molecule has 0 radical (unpaired) electrons. The smallest absolute Gasteiger partial charge is 0.326 e. The van der Waals surface area contributed by atoms with Crippen molar-refractivity contribution in [3.63, 3.8) is 0 Å². The zero-order valence-corrected chi connectivity index (χ0v) is 42.6. The van der Waals surface area contributed by atoms with Crippen LogP contribution in [-0.2, 0) is 66.9 Å². The number of ketones is 1. The van der Waals surface area contributed by atoms with Crippen LogP contribution in [0.25, 0.3) is 0 Å². The van der Waals surface area contributed by atoms with Crippen LogP contribution in [0.15, 0.2) is 0 Å². The summed E-state index contributed by atoms with van der Waals surface area (Å²) in [4.78, 5) is 119. The van der Waals surface area contributed by atoms with Crippen LogP contribution in [0.1, 0.15) is 162 Å². The molecule has 0 saturated carbocycles. The van der Waals surface area contributed by atoms with E-state index in [0.29, 0.717) is 6.42 Å². The molecule has 0 aromatic carbocycles. The van der Waals surface area contributed by atoms with Crippen molar-refractivity contribution in [1.29, 1.82) is 0 Å². The molecule has 72 heavy (non-hydrogen) atoms. The molecule has 0 saturated heterocycles. The Morgan fingerprint density at radius 3 is 1.11 bits per heavy atom. The van der Waals surface area contributed by atoms with Crippen molar-refractivity contribution in [3.05, 3.63) is 0 Å². The third kappa shape index (κ3) is 40.3. The maximum Gasteiger partial charge on any atom is 0.326 e. The van der Waals surface area contributed by atoms with Crippen LogP contribution in [0.2, 0.25) is 0 Å². The Morgan fingerprint density at radius 2 is 0.722 bits per heavy atom. The standard InChI is InChI=1S/C49H85N5O18/c1-3-36(2)40(55)34-71-32-30-70-29-27-51-45(60)35-72-33-31-69-28-26-50-41(56)23-20-37(47(63)64)53-43(58)25-22-39(49(67)68)54-44(59)24-21-38(48(65)66)52-42(57)18-16-14-12-10-8-6-4-5-7-9-11-13-15-17-19-46(61)62/h36-39H,3-35H2,1-2H3,(H,50,56)(H,51,60)(H,52,57)(H,53,58)(H,54,59)(H,61,62)(H,63,64)(H,65,66)(H,67,68)/t36?,37-,38-,39-/m0/s1. The lowest BCUT2D eigenvalue weighted by molar-refractivity contribution is -0.144. The third-order valence-electron chi connectivity index (χ3n) is 11.4. The van der Waals surface area contributed by atoms with Crippen LogP contribution in [0.5, 0.6) is 0 Å². The Kier molecular flexibility index (Phi) is 41.2. The molecule has 0 bridgehead atoms. The summed E-state index contributed by atoms with van der Waals surface area (Å²) in [6.45, 7) is 5.11. The Bertz CT molecular complexity index is 1600. The molecule has 9 N–H and O–H groups in total. The van der Waals surface area contributed by atoms with Crippen molar-refractivity contribution < 1.29 is 87.3 Å². The minimum absolute atomic E-state index is 0.0407. The first-order chi connectivity index (χ1) is 34.5.